The molecule has 7 nitrogen and oxygen atoms in total. The van der Waals surface area contributed by atoms with Gasteiger partial charge in [0, 0.05) is 5.69 Å². The van der Waals surface area contributed by atoms with E-state index >= 15 is 0 Å². The molecule has 4 N–H and O–H groups in total. The summed E-state index contributed by atoms with van der Waals surface area (Å²) in [6.45, 7) is 3.99. The summed E-state index contributed by atoms with van der Waals surface area (Å²) >= 11 is 1.29. The maximum absolute atomic E-state index is 12.1. The van der Waals surface area contributed by atoms with E-state index < -0.39 is 0 Å². The number of aryl methyl sites for hydroxylation is 2. The van der Waals surface area contributed by atoms with Gasteiger partial charge in [0.2, 0.25) is 5.91 Å². The monoisotopic (exact) mass is 328 g/mol. The third-order valence-electron chi connectivity index (χ3n) is 3.29. The first kappa shape index (κ1) is 15.3. The average Bonchev–Trinajstić information content (AvgIpc) is 2.93. The van der Waals surface area contributed by atoms with Crippen molar-refractivity contribution in [2.75, 3.05) is 16.8 Å². The predicted octanol–water partition coefficient (Wildman–Crippen LogP) is 2.28. The van der Waals surface area contributed by atoms with Crippen LogP contribution in [0.1, 0.15) is 11.1 Å². The van der Waals surface area contributed by atoms with Gasteiger partial charge in [-0.2, -0.15) is 0 Å². The number of nitrogens with one attached hydrogen (secondary N) is 2. The largest absolute Gasteiger partial charge is 0.382 e. The highest BCUT2D eigenvalue weighted by molar-refractivity contribution is 7.99. The van der Waals surface area contributed by atoms with E-state index in [1.807, 2.05) is 32.0 Å². The first-order valence-corrected chi connectivity index (χ1v) is 7.97. The van der Waals surface area contributed by atoms with Crippen LogP contribution in [0.2, 0.25) is 0 Å². The van der Waals surface area contributed by atoms with Crippen LogP contribution in [0.25, 0.3) is 11.2 Å². The molecule has 0 aliphatic heterocycles. The number of aromatic amines is 1. The summed E-state index contributed by atoms with van der Waals surface area (Å²) in [7, 11) is 0. The Hall–Kier alpha value is -2.61. The van der Waals surface area contributed by atoms with Crippen molar-refractivity contribution in [3.05, 3.63) is 35.7 Å². The number of thioether (sulfide) groups is 1. The second-order valence-corrected chi connectivity index (χ2v) is 6.12. The topological polar surface area (TPSA) is 110 Å². The molecule has 118 valence electrons. The molecular formula is C15H16N6OS. The molecule has 1 amide bonds. The molecule has 0 spiro atoms. The summed E-state index contributed by atoms with van der Waals surface area (Å²) in [6, 6.07) is 5.91. The Morgan fingerprint density at radius 2 is 2.17 bits per heavy atom. The van der Waals surface area contributed by atoms with Crippen LogP contribution in [0.15, 0.2) is 29.7 Å². The number of amides is 1. The van der Waals surface area contributed by atoms with Crippen molar-refractivity contribution >= 4 is 40.3 Å². The Morgan fingerprint density at radius 3 is 2.91 bits per heavy atom. The van der Waals surface area contributed by atoms with E-state index in [1.165, 1.54) is 18.1 Å². The number of H-pyrrole nitrogens is 1. The molecule has 2 aromatic heterocycles. The molecule has 8 heteroatoms. The Morgan fingerprint density at radius 1 is 1.35 bits per heavy atom. The number of carbonyl (C=O) groups is 1. The van der Waals surface area contributed by atoms with E-state index in [1.54, 1.807) is 0 Å². The van der Waals surface area contributed by atoms with Gasteiger partial charge in [0.25, 0.3) is 0 Å². The molecule has 0 unspecified atom stereocenters. The van der Waals surface area contributed by atoms with Crippen LogP contribution >= 0.6 is 11.8 Å². The number of nitrogens with zero attached hydrogens (tertiary/aromatic N) is 3. The number of nitrogen functional groups attached to an aromatic ring is 1. The quantitative estimate of drug-likeness (QED) is 0.634. The number of rotatable bonds is 4. The maximum Gasteiger partial charge on any atom is 0.234 e. The molecule has 0 atom stereocenters. The fourth-order valence-electron chi connectivity index (χ4n) is 2.17. The molecular weight excluding hydrogens is 312 g/mol. The van der Waals surface area contributed by atoms with Crippen molar-refractivity contribution in [2.24, 2.45) is 0 Å². The summed E-state index contributed by atoms with van der Waals surface area (Å²) in [4.78, 5) is 27.3. The Kier molecular flexibility index (Phi) is 4.16. The molecule has 0 fully saturated rings. The number of hydrogen-bond acceptors (Lipinski definition) is 6. The minimum absolute atomic E-state index is 0.0959. The number of benzene rings is 1. The van der Waals surface area contributed by atoms with Crippen LogP contribution < -0.4 is 11.1 Å². The van der Waals surface area contributed by atoms with Crippen molar-refractivity contribution in [2.45, 2.75) is 19.0 Å². The molecule has 1 aromatic carbocycles. The molecule has 23 heavy (non-hydrogen) atoms. The van der Waals surface area contributed by atoms with Crippen LogP contribution in [-0.2, 0) is 4.79 Å². The van der Waals surface area contributed by atoms with Gasteiger partial charge in [-0.3, -0.25) is 4.79 Å². The Bertz CT molecular complexity index is 876. The summed E-state index contributed by atoms with van der Waals surface area (Å²) in [5.41, 5.74) is 9.85. The lowest BCUT2D eigenvalue weighted by Gasteiger charge is -2.08. The van der Waals surface area contributed by atoms with E-state index in [9.17, 15) is 4.79 Å². The minimum Gasteiger partial charge on any atom is -0.382 e. The third kappa shape index (κ3) is 3.42. The highest BCUT2D eigenvalue weighted by atomic mass is 32.2. The molecule has 0 saturated carbocycles. The normalized spacial score (nSPS) is 10.9. The molecule has 3 aromatic rings. The lowest BCUT2D eigenvalue weighted by Crippen LogP contribution is -2.15. The zero-order valence-corrected chi connectivity index (χ0v) is 13.6. The minimum atomic E-state index is -0.0959. The highest BCUT2D eigenvalue weighted by Gasteiger charge is 2.10. The SMILES string of the molecule is Cc1ccc(NC(=O)CSc2nc3ncnc(N)c3[nH]2)c(C)c1. The number of carbonyl (C=O) groups excluding carboxylic acids is 1. The van der Waals surface area contributed by atoms with Crippen LogP contribution in [0.4, 0.5) is 11.5 Å². The number of anilines is 2. The molecule has 0 aliphatic carbocycles. The van der Waals surface area contributed by atoms with Crippen molar-refractivity contribution in [3.8, 4) is 0 Å². The van der Waals surface area contributed by atoms with E-state index in [2.05, 4.69) is 25.3 Å². The van der Waals surface area contributed by atoms with Crippen molar-refractivity contribution < 1.29 is 4.79 Å². The van der Waals surface area contributed by atoms with Crippen molar-refractivity contribution in [1.82, 2.24) is 19.9 Å². The summed E-state index contributed by atoms with van der Waals surface area (Å²) < 4.78 is 0. The maximum atomic E-state index is 12.1. The smallest absolute Gasteiger partial charge is 0.234 e. The average molecular weight is 328 g/mol. The van der Waals surface area contributed by atoms with E-state index in [0.717, 1.165) is 16.8 Å². The van der Waals surface area contributed by atoms with Crippen LogP contribution in [0.3, 0.4) is 0 Å². The number of hydrogen-bond donors (Lipinski definition) is 3. The van der Waals surface area contributed by atoms with Crippen molar-refractivity contribution in [3.63, 3.8) is 0 Å². The van der Waals surface area contributed by atoms with E-state index in [-0.39, 0.29) is 11.7 Å². The van der Waals surface area contributed by atoms with Gasteiger partial charge in [0.1, 0.15) is 11.8 Å². The van der Waals surface area contributed by atoms with Gasteiger partial charge < -0.3 is 16.0 Å². The Balaban J connectivity index is 1.65. The lowest BCUT2D eigenvalue weighted by molar-refractivity contribution is -0.113. The molecule has 0 aliphatic rings. The van der Waals surface area contributed by atoms with Gasteiger partial charge in [0.15, 0.2) is 16.6 Å². The van der Waals surface area contributed by atoms with Gasteiger partial charge in [-0.05, 0) is 25.5 Å². The van der Waals surface area contributed by atoms with Crippen LogP contribution in [0, 0.1) is 13.8 Å². The van der Waals surface area contributed by atoms with E-state index in [0.29, 0.717) is 22.1 Å². The number of aromatic nitrogens is 4. The predicted molar refractivity (Wildman–Crippen MR) is 91.4 cm³/mol. The van der Waals surface area contributed by atoms with E-state index in [4.69, 9.17) is 5.73 Å². The summed E-state index contributed by atoms with van der Waals surface area (Å²) in [5, 5.41) is 3.48. The molecule has 0 radical (unpaired) electrons. The molecule has 3 rings (SSSR count). The number of fused-ring (bicyclic) bond motifs is 1. The number of imidazole rings is 1. The fraction of sp³-hybridized carbons (Fsp3) is 0.200. The highest BCUT2D eigenvalue weighted by Crippen LogP contribution is 2.21. The first-order chi connectivity index (χ1) is 11.0. The van der Waals surface area contributed by atoms with Gasteiger partial charge in [-0.25, -0.2) is 15.0 Å². The second kappa shape index (κ2) is 6.25. The van der Waals surface area contributed by atoms with Gasteiger partial charge in [-0.1, -0.05) is 29.5 Å². The molecule has 0 saturated heterocycles. The van der Waals surface area contributed by atoms with Gasteiger partial charge in [0.05, 0.1) is 5.75 Å². The van der Waals surface area contributed by atoms with Gasteiger partial charge >= 0.3 is 0 Å². The standard InChI is InChI=1S/C15H16N6OS/c1-8-3-4-10(9(2)5-8)19-11(22)6-23-15-20-12-13(16)17-7-18-14(12)21-15/h3-5,7H,6H2,1-2H3,(H,19,22)(H3,16,17,18,20,21). The summed E-state index contributed by atoms with van der Waals surface area (Å²) in [5.74, 6) is 0.482. The fourth-order valence-corrected chi connectivity index (χ4v) is 2.83. The lowest BCUT2D eigenvalue weighted by atomic mass is 10.1. The summed E-state index contributed by atoms with van der Waals surface area (Å²) in [6.07, 6.45) is 1.36. The second-order valence-electron chi connectivity index (χ2n) is 5.15. The zero-order chi connectivity index (χ0) is 16.4. The zero-order valence-electron chi connectivity index (χ0n) is 12.8. The third-order valence-corrected chi connectivity index (χ3v) is 4.17. The first-order valence-electron chi connectivity index (χ1n) is 6.99. The molecule has 2 heterocycles. The number of nitrogens with two attached hydrogens (primary N) is 1. The Labute approximate surface area is 137 Å². The van der Waals surface area contributed by atoms with Crippen LogP contribution in [0.5, 0.6) is 0 Å². The van der Waals surface area contributed by atoms with Gasteiger partial charge in [-0.15, -0.1) is 0 Å². The van der Waals surface area contributed by atoms with Crippen molar-refractivity contribution in [1.29, 1.82) is 0 Å². The molecule has 0 bridgehead atoms. The van der Waals surface area contributed by atoms with Crippen LogP contribution in [-0.4, -0.2) is 31.6 Å².